The minimum atomic E-state index is 0.256. The number of hydrogen-bond acceptors (Lipinski definition) is 2. The van der Waals surface area contributed by atoms with Gasteiger partial charge in [0.25, 0.3) is 0 Å². The van der Waals surface area contributed by atoms with Crippen molar-refractivity contribution in [3.63, 3.8) is 0 Å². The summed E-state index contributed by atoms with van der Waals surface area (Å²) in [7, 11) is 0. The summed E-state index contributed by atoms with van der Waals surface area (Å²) in [5.74, 6) is 0.668. The summed E-state index contributed by atoms with van der Waals surface area (Å²) in [6.07, 6.45) is 4.38. The van der Waals surface area contributed by atoms with Crippen molar-refractivity contribution in [3.05, 3.63) is 11.1 Å². The molecule has 0 heterocycles. The van der Waals surface area contributed by atoms with Gasteiger partial charge in [0, 0.05) is 0 Å². The average Bonchev–Trinajstić information content (AvgIpc) is 2.04. The topological polar surface area (TPSA) is 49.8 Å². The lowest BCUT2D eigenvalue weighted by atomic mass is 9.84. The van der Waals surface area contributed by atoms with Crippen molar-refractivity contribution in [1.82, 2.24) is 0 Å². The lowest BCUT2D eigenvalue weighted by Gasteiger charge is -2.21. The Hall–Kier alpha value is -0.880. The second-order valence-electron chi connectivity index (χ2n) is 3.66. The van der Waals surface area contributed by atoms with Crippen LogP contribution in [0.25, 0.3) is 0 Å². The third kappa shape index (κ3) is 2.53. The summed E-state index contributed by atoms with van der Waals surface area (Å²) >= 11 is 4.83. The van der Waals surface area contributed by atoms with E-state index in [0.29, 0.717) is 11.5 Å². The molecule has 0 aliphatic heterocycles. The van der Waals surface area contributed by atoms with Crippen LogP contribution in [-0.2, 0) is 0 Å². The average molecular weight is 194 g/mol. The van der Waals surface area contributed by atoms with E-state index in [-0.39, 0.29) is 4.99 Å². The van der Waals surface area contributed by atoms with Gasteiger partial charge in [0.05, 0.1) is 5.57 Å². The van der Waals surface area contributed by atoms with Crippen molar-refractivity contribution in [1.29, 1.82) is 5.26 Å². The Morgan fingerprint density at radius 3 is 2.85 bits per heavy atom. The summed E-state index contributed by atoms with van der Waals surface area (Å²) in [4.78, 5) is 0.256. The highest BCUT2D eigenvalue weighted by Gasteiger charge is 2.17. The first-order valence-electron chi connectivity index (χ1n) is 4.57. The van der Waals surface area contributed by atoms with Crippen LogP contribution in [0.3, 0.4) is 0 Å². The Labute approximate surface area is 84.4 Å². The molecule has 3 heteroatoms. The van der Waals surface area contributed by atoms with Crippen LogP contribution in [0.15, 0.2) is 11.1 Å². The molecule has 1 saturated carbocycles. The fourth-order valence-corrected chi connectivity index (χ4v) is 2.01. The highest BCUT2D eigenvalue weighted by molar-refractivity contribution is 7.80. The van der Waals surface area contributed by atoms with Gasteiger partial charge in [0.1, 0.15) is 11.1 Å². The van der Waals surface area contributed by atoms with Gasteiger partial charge in [0.15, 0.2) is 0 Å². The maximum atomic E-state index is 8.86. The summed E-state index contributed by atoms with van der Waals surface area (Å²) in [5, 5.41) is 8.86. The maximum Gasteiger partial charge on any atom is 0.114 e. The van der Waals surface area contributed by atoms with Crippen LogP contribution in [0.2, 0.25) is 0 Å². The number of nitrogens with two attached hydrogens (primary N) is 1. The van der Waals surface area contributed by atoms with Crippen LogP contribution in [-0.4, -0.2) is 4.99 Å². The predicted octanol–water partition coefficient (Wildman–Crippen LogP) is 2.30. The van der Waals surface area contributed by atoms with Gasteiger partial charge in [-0.3, -0.25) is 0 Å². The highest BCUT2D eigenvalue weighted by atomic mass is 32.1. The third-order valence-corrected chi connectivity index (χ3v) is 2.69. The van der Waals surface area contributed by atoms with Crippen molar-refractivity contribution in [2.45, 2.75) is 32.6 Å². The molecule has 1 rings (SSSR count). The van der Waals surface area contributed by atoms with Crippen molar-refractivity contribution in [3.8, 4) is 6.07 Å². The Morgan fingerprint density at radius 1 is 1.69 bits per heavy atom. The van der Waals surface area contributed by atoms with E-state index < -0.39 is 0 Å². The van der Waals surface area contributed by atoms with Gasteiger partial charge < -0.3 is 5.73 Å². The Bertz CT molecular complexity index is 286. The number of allylic oxidation sites excluding steroid dienone is 1. The minimum absolute atomic E-state index is 0.256. The van der Waals surface area contributed by atoms with Crippen LogP contribution in [0.1, 0.15) is 32.6 Å². The van der Waals surface area contributed by atoms with Crippen LogP contribution in [0.4, 0.5) is 0 Å². The van der Waals surface area contributed by atoms with Crippen LogP contribution in [0, 0.1) is 17.2 Å². The van der Waals surface area contributed by atoms with Gasteiger partial charge in [-0.15, -0.1) is 0 Å². The molecular formula is C10H14N2S. The molecule has 1 atom stereocenters. The van der Waals surface area contributed by atoms with Gasteiger partial charge in [-0.2, -0.15) is 5.26 Å². The molecule has 0 aromatic carbocycles. The molecule has 2 N–H and O–H groups in total. The van der Waals surface area contributed by atoms with Crippen LogP contribution < -0.4 is 5.73 Å². The maximum absolute atomic E-state index is 8.86. The largest absolute Gasteiger partial charge is 0.389 e. The third-order valence-electron chi connectivity index (χ3n) is 2.48. The SMILES string of the molecule is CC1CCC/C(=C(/C#N)C(N)=S)C1. The summed E-state index contributed by atoms with van der Waals surface area (Å²) in [6.45, 7) is 2.20. The number of rotatable bonds is 1. The molecule has 0 amide bonds. The molecule has 1 aliphatic carbocycles. The van der Waals surface area contributed by atoms with E-state index in [4.69, 9.17) is 23.2 Å². The van der Waals surface area contributed by atoms with E-state index >= 15 is 0 Å². The molecule has 2 nitrogen and oxygen atoms in total. The van der Waals surface area contributed by atoms with Crippen LogP contribution >= 0.6 is 12.2 Å². The number of nitrogens with zero attached hydrogens (tertiary/aromatic N) is 1. The molecule has 0 saturated heterocycles. The second-order valence-corrected chi connectivity index (χ2v) is 4.10. The fraction of sp³-hybridized carbons (Fsp3) is 0.600. The number of hydrogen-bond donors (Lipinski definition) is 1. The molecule has 0 bridgehead atoms. The van der Waals surface area contributed by atoms with Gasteiger partial charge in [-0.25, -0.2) is 0 Å². The van der Waals surface area contributed by atoms with Crippen molar-refractivity contribution in [2.75, 3.05) is 0 Å². The van der Waals surface area contributed by atoms with E-state index in [1.165, 1.54) is 6.42 Å². The van der Waals surface area contributed by atoms with Crippen molar-refractivity contribution >= 4 is 17.2 Å². The second kappa shape index (κ2) is 4.38. The monoisotopic (exact) mass is 194 g/mol. The smallest absolute Gasteiger partial charge is 0.114 e. The molecule has 0 radical (unpaired) electrons. The lowest BCUT2D eigenvalue weighted by molar-refractivity contribution is 0.452. The molecule has 1 fully saturated rings. The summed E-state index contributed by atoms with van der Waals surface area (Å²) in [6, 6.07) is 2.11. The first-order valence-corrected chi connectivity index (χ1v) is 4.98. The summed E-state index contributed by atoms with van der Waals surface area (Å²) in [5.41, 5.74) is 7.19. The molecule has 13 heavy (non-hydrogen) atoms. The Balaban J connectivity index is 2.88. The zero-order valence-corrected chi connectivity index (χ0v) is 8.66. The standard InChI is InChI=1S/C10H14N2S/c1-7-3-2-4-8(5-7)9(6-11)10(12)13/h7H,2-5H2,1H3,(H2,12,13)/b9-8+. The number of nitriles is 1. The Kier molecular flexibility index (Phi) is 3.44. The molecule has 0 aromatic rings. The van der Waals surface area contributed by atoms with E-state index in [1.54, 1.807) is 0 Å². The van der Waals surface area contributed by atoms with Gasteiger partial charge in [-0.1, -0.05) is 25.6 Å². The molecule has 0 aromatic heterocycles. The predicted molar refractivity (Wildman–Crippen MR) is 57.1 cm³/mol. The minimum Gasteiger partial charge on any atom is -0.389 e. The normalized spacial score (nSPS) is 26.3. The van der Waals surface area contributed by atoms with Crippen molar-refractivity contribution in [2.24, 2.45) is 11.7 Å². The molecular weight excluding hydrogens is 180 g/mol. The lowest BCUT2D eigenvalue weighted by Crippen LogP contribution is -2.15. The molecule has 1 unspecified atom stereocenters. The van der Waals surface area contributed by atoms with Gasteiger partial charge in [-0.05, 0) is 30.8 Å². The summed E-state index contributed by atoms with van der Waals surface area (Å²) < 4.78 is 0. The zero-order chi connectivity index (χ0) is 9.84. The number of thiocarbonyl (C=S) groups is 1. The fourth-order valence-electron chi connectivity index (χ4n) is 1.82. The first-order chi connectivity index (χ1) is 6.15. The van der Waals surface area contributed by atoms with Crippen molar-refractivity contribution < 1.29 is 0 Å². The first kappa shape index (κ1) is 10.2. The van der Waals surface area contributed by atoms with Gasteiger partial charge >= 0.3 is 0 Å². The van der Waals surface area contributed by atoms with E-state index in [1.807, 2.05) is 0 Å². The van der Waals surface area contributed by atoms with E-state index in [2.05, 4.69) is 13.0 Å². The molecule has 70 valence electrons. The quantitative estimate of drug-likeness (QED) is 0.396. The zero-order valence-electron chi connectivity index (χ0n) is 7.84. The molecule has 0 spiro atoms. The molecule has 1 aliphatic rings. The Morgan fingerprint density at radius 2 is 2.38 bits per heavy atom. The highest BCUT2D eigenvalue weighted by Crippen LogP contribution is 2.29. The van der Waals surface area contributed by atoms with Gasteiger partial charge in [0.2, 0.25) is 0 Å². The van der Waals surface area contributed by atoms with E-state index in [0.717, 1.165) is 24.8 Å². The van der Waals surface area contributed by atoms with Crippen LogP contribution in [0.5, 0.6) is 0 Å². The van der Waals surface area contributed by atoms with E-state index in [9.17, 15) is 0 Å².